The van der Waals surface area contributed by atoms with Crippen LogP contribution in [0.1, 0.15) is 26.5 Å². The molecule has 0 saturated heterocycles. The topological polar surface area (TPSA) is 63.5 Å². The molecule has 0 saturated carbocycles. The van der Waals surface area contributed by atoms with Crippen molar-refractivity contribution in [3.63, 3.8) is 0 Å². The van der Waals surface area contributed by atoms with Crippen LogP contribution in [0.2, 0.25) is 0 Å². The number of furan rings is 1. The zero-order chi connectivity index (χ0) is 15.3. The molecule has 0 fully saturated rings. The van der Waals surface area contributed by atoms with Gasteiger partial charge in [-0.3, -0.25) is 5.32 Å². The first-order valence-corrected chi connectivity index (χ1v) is 6.79. The maximum atomic E-state index is 11.8. The molecule has 0 spiro atoms. The molecule has 0 radical (unpaired) electrons. The first-order chi connectivity index (χ1) is 9.94. The number of para-hydroxylation sites is 2. The van der Waals surface area contributed by atoms with Gasteiger partial charge in [0.25, 0.3) is 0 Å². The summed E-state index contributed by atoms with van der Waals surface area (Å²) >= 11 is 0. The number of hydrogen-bond donors (Lipinski definition) is 2. The molecule has 0 aliphatic carbocycles. The molecule has 0 unspecified atom stereocenters. The molecule has 21 heavy (non-hydrogen) atoms. The lowest BCUT2D eigenvalue weighted by atomic mass is 10.2. The fourth-order valence-corrected chi connectivity index (χ4v) is 1.76. The average molecular weight is 288 g/mol. The Bertz CT molecular complexity index is 586. The molecule has 1 aromatic carbocycles. The van der Waals surface area contributed by atoms with E-state index < -0.39 is 11.7 Å². The minimum atomic E-state index is -0.527. The van der Waals surface area contributed by atoms with E-state index in [0.29, 0.717) is 12.2 Å². The molecule has 2 N–H and O–H groups in total. The molecule has 5 heteroatoms. The zero-order valence-corrected chi connectivity index (χ0v) is 12.5. The summed E-state index contributed by atoms with van der Waals surface area (Å²) in [6.07, 6.45) is 1.15. The maximum absolute atomic E-state index is 11.8. The molecule has 0 aliphatic heterocycles. The van der Waals surface area contributed by atoms with Gasteiger partial charge in [-0.1, -0.05) is 12.1 Å². The zero-order valence-electron chi connectivity index (χ0n) is 12.5. The maximum Gasteiger partial charge on any atom is 0.412 e. The highest BCUT2D eigenvalue weighted by atomic mass is 16.6. The molecule has 0 atom stereocenters. The van der Waals surface area contributed by atoms with Crippen molar-refractivity contribution in [2.45, 2.75) is 32.9 Å². The van der Waals surface area contributed by atoms with Crippen LogP contribution in [0.25, 0.3) is 0 Å². The van der Waals surface area contributed by atoms with Gasteiger partial charge in [0.1, 0.15) is 11.4 Å². The summed E-state index contributed by atoms with van der Waals surface area (Å²) in [5, 5.41) is 5.96. The van der Waals surface area contributed by atoms with Crippen LogP contribution in [0.15, 0.2) is 47.1 Å². The van der Waals surface area contributed by atoms with Crippen LogP contribution in [0.3, 0.4) is 0 Å². The third-order valence-corrected chi connectivity index (χ3v) is 2.60. The van der Waals surface area contributed by atoms with E-state index in [-0.39, 0.29) is 0 Å². The van der Waals surface area contributed by atoms with Gasteiger partial charge in [-0.15, -0.1) is 0 Å². The number of benzene rings is 1. The van der Waals surface area contributed by atoms with Crippen molar-refractivity contribution in [3.8, 4) is 0 Å². The quantitative estimate of drug-likeness (QED) is 0.883. The van der Waals surface area contributed by atoms with Crippen LogP contribution >= 0.6 is 0 Å². The Morgan fingerprint density at radius 1 is 1.14 bits per heavy atom. The number of carbonyl (C=O) groups is 1. The lowest BCUT2D eigenvalue weighted by Crippen LogP contribution is -2.27. The number of amides is 1. The first-order valence-electron chi connectivity index (χ1n) is 6.79. The molecule has 5 nitrogen and oxygen atoms in total. The van der Waals surface area contributed by atoms with Crippen molar-refractivity contribution in [3.05, 3.63) is 48.4 Å². The third kappa shape index (κ3) is 4.87. The van der Waals surface area contributed by atoms with Crippen molar-refractivity contribution >= 4 is 17.5 Å². The number of carbonyl (C=O) groups excluding carboxylic acids is 1. The second-order valence-electron chi connectivity index (χ2n) is 5.61. The summed E-state index contributed by atoms with van der Waals surface area (Å²) in [4.78, 5) is 11.8. The number of anilines is 2. The molecular weight excluding hydrogens is 268 g/mol. The van der Waals surface area contributed by atoms with E-state index in [1.807, 2.05) is 57.2 Å². The average Bonchev–Trinajstić information content (AvgIpc) is 2.88. The van der Waals surface area contributed by atoms with Gasteiger partial charge in [-0.25, -0.2) is 4.79 Å². The van der Waals surface area contributed by atoms with E-state index >= 15 is 0 Å². The van der Waals surface area contributed by atoms with E-state index in [1.165, 1.54) is 0 Å². The van der Waals surface area contributed by atoms with E-state index in [2.05, 4.69) is 10.6 Å². The molecule has 1 aromatic heterocycles. The fraction of sp³-hybridized carbons (Fsp3) is 0.312. The molecule has 112 valence electrons. The van der Waals surface area contributed by atoms with Crippen LogP contribution < -0.4 is 10.6 Å². The smallest absolute Gasteiger partial charge is 0.412 e. The van der Waals surface area contributed by atoms with E-state index in [4.69, 9.17) is 9.15 Å². The van der Waals surface area contributed by atoms with Crippen molar-refractivity contribution in [2.75, 3.05) is 10.6 Å². The third-order valence-electron chi connectivity index (χ3n) is 2.60. The normalized spacial score (nSPS) is 11.0. The van der Waals surface area contributed by atoms with E-state index in [9.17, 15) is 4.79 Å². The number of rotatable bonds is 4. The Balaban J connectivity index is 2.01. The number of hydrogen-bond acceptors (Lipinski definition) is 4. The highest BCUT2D eigenvalue weighted by Gasteiger charge is 2.17. The van der Waals surface area contributed by atoms with Gasteiger partial charge in [0, 0.05) is 0 Å². The van der Waals surface area contributed by atoms with Gasteiger partial charge < -0.3 is 14.5 Å². The van der Waals surface area contributed by atoms with Crippen LogP contribution in [0.5, 0.6) is 0 Å². The Morgan fingerprint density at radius 2 is 1.86 bits per heavy atom. The van der Waals surface area contributed by atoms with Gasteiger partial charge in [0.15, 0.2) is 0 Å². The molecule has 1 amide bonds. The summed E-state index contributed by atoms with van der Waals surface area (Å²) in [6, 6.07) is 11.2. The second kappa shape index (κ2) is 6.35. The van der Waals surface area contributed by atoms with E-state index in [1.54, 1.807) is 6.26 Å². The van der Waals surface area contributed by atoms with Gasteiger partial charge in [0.2, 0.25) is 0 Å². The number of ether oxygens (including phenoxy) is 1. The fourth-order valence-electron chi connectivity index (χ4n) is 1.76. The van der Waals surface area contributed by atoms with E-state index in [0.717, 1.165) is 11.4 Å². The Morgan fingerprint density at radius 3 is 2.48 bits per heavy atom. The minimum absolute atomic E-state index is 0.477. The van der Waals surface area contributed by atoms with Gasteiger partial charge in [-0.2, -0.15) is 0 Å². The van der Waals surface area contributed by atoms with Crippen LogP contribution in [0.4, 0.5) is 16.2 Å². The minimum Gasteiger partial charge on any atom is -0.467 e. The van der Waals surface area contributed by atoms with Crippen LogP contribution in [-0.2, 0) is 11.3 Å². The molecular formula is C16H20N2O3. The molecule has 0 bridgehead atoms. The standard InChI is InChI=1S/C16H20N2O3/c1-16(2,3)21-15(19)18-14-9-5-4-8-13(14)17-11-12-7-6-10-20-12/h4-10,17H,11H2,1-3H3,(H,18,19). The summed E-state index contributed by atoms with van der Waals surface area (Å²) < 4.78 is 10.5. The van der Waals surface area contributed by atoms with Gasteiger partial charge in [-0.05, 0) is 45.0 Å². The summed E-state index contributed by atoms with van der Waals surface area (Å²) in [6.45, 7) is 6.02. The van der Waals surface area contributed by atoms with Crippen molar-refractivity contribution in [1.29, 1.82) is 0 Å². The van der Waals surface area contributed by atoms with Crippen LogP contribution in [0, 0.1) is 0 Å². The highest BCUT2D eigenvalue weighted by molar-refractivity contribution is 5.89. The van der Waals surface area contributed by atoms with Crippen molar-refractivity contribution in [2.24, 2.45) is 0 Å². The summed E-state index contributed by atoms with van der Waals surface area (Å²) in [5.74, 6) is 0.821. The molecule has 1 heterocycles. The molecule has 2 aromatic rings. The predicted octanol–water partition coefficient (Wildman–Crippen LogP) is 4.24. The Hall–Kier alpha value is -2.43. The van der Waals surface area contributed by atoms with Crippen molar-refractivity contribution in [1.82, 2.24) is 0 Å². The van der Waals surface area contributed by atoms with Crippen LogP contribution in [-0.4, -0.2) is 11.7 Å². The summed E-state index contributed by atoms with van der Waals surface area (Å²) in [7, 11) is 0. The second-order valence-corrected chi connectivity index (χ2v) is 5.61. The summed E-state index contributed by atoms with van der Waals surface area (Å²) in [5.41, 5.74) is 0.943. The Kier molecular flexibility index (Phi) is 4.52. The molecule has 0 aliphatic rings. The largest absolute Gasteiger partial charge is 0.467 e. The lowest BCUT2D eigenvalue weighted by Gasteiger charge is -2.20. The Labute approximate surface area is 124 Å². The first kappa shape index (κ1) is 15.0. The van der Waals surface area contributed by atoms with Gasteiger partial charge >= 0.3 is 6.09 Å². The number of nitrogens with one attached hydrogen (secondary N) is 2. The predicted molar refractivity (Wildman–Crippen MR) is 82.3 cm³/mol. The SMILES string of the molecule is CC(C)(C)OC(=O)Nc1ccccc1NCc1ccco1. The van der Waals surface area contributed by atoms with Gasteiger partial charge in [0.05, 0.1) is 24.2 Å². The molecule has 2 rings (SSSR count). The van der Waals surface area contributed by atoms with Crippen molar-refractivity contribution < 1.29 is 13.9 Å². The highest BCUT2D eigenvalue weighted by Crippen LogP contribution is 2.22. The lowest BCUT2D eigenvalue weighted by molar-refractivity contribution is 0.0636. The monoisotopic (exact) mass is 288 g/mol.